The summed E-state index contributed by atoms with van der Waals surface area (Å²) in [5.74, 6) is -1.25. The largest absolute Gasteiger partial charge is 0.480 e. The summed E-state index contributed by atoms with van der Waals surface area (Å²) in [4.78, 5) is 35.5. The lowest BCUT2D eigenvalue weighted by atomic mass is 9.98. The van der Waals surface area contributed by atoms with Crippen molar-refractivity contribution < 1.29 is 24.2 Å². The normalized spacial score (nSPS) is 14.0. The molecule has 0 radical (unpaired) electrons. The fraction of sp³-hybridized carbons (Fsp3) is 0.423. The number of rotatable bonds is 11. The van der Waals surface area contributed by atoms with Crippen LogP contribution in [-0.2, 0) is 14.3 Å². The number of carbonyl (C=O) groups excluding carboxylic acids is 2. The summed E-state index contributed by atoms with van der Waals surface area (Å²) >= 11 is 0. The Balaban J connectivity index is 1.42. The van der Waals surface area contributed by atoms with E-state index in [1.165, 1.54) is 11.1 Å². The number of carbonyl (C=O) groups is 3. The Morgan fingerprint density at radius 1 is 1.00 bits per heavy atom. The number of carboxylic acid groups (broad SMARTS) is 1. The minimum absolute atomic E-state index is 0.00886. The van der Waals surface area contributed by atoms with Gasteiger partial charge in [-0.1, -0.05) is 68.8 Å². The SMILES string of the molecule is CCCC(NC(=O)CCC(C)CNC(=O)OCC1c2ccccc2-c2ccccc21)C(=O)O. The lowest BCUT2D eigenvalue weighted by Gasteiger charge is -2.17. The molecule has 0 bridgehead atoms. The van der Waals surface area contributed by atoms with E-state index in [9.17, 15) is 14.4 Å². The van der Waals surface area contributed by atoms with Gasteiger partial charge in [-0.2, -0.15) is 0 Å². The van der Waals surface area contributed by atoms with Crippen LogP contribution < -0.4 is 10.6 Å². The Hall–Kier alpha value is -3.35. The molecule has 2 amide bonds. The van der Waals surface area contributed by atoms with Crippen LogP contribution >= 0.6 is 0 Å². The monoisotopic (exact) mass is 452 g/mol. The number of hydrogen-bond donors (Lipinski definition) is 3. The summed E-state index contributed by atoms with van der Waals surface area (Å²) in [6.07, 6.45) is 1.34. The molecule has 2 aromatic rings. The van der Waals surface area contributed by atoms with Crippen molar-refractivity contribution in [2.75, 3.05) is 13.2 Å². The molecular weight excluding hydrogens is 420 g/mol. The van der Waals surface area contributed by atoms with Gasteiger partial charge >= 0.3 is 12.1 Å². The van der Waals surface area contributed by atoms with Gasteiger partial charge in [-0.3, -0.25) is 4.79 Å². The van der Waals surface area contributed by atoms with Crippen LogP contribution in [0.5, 0.6) is 0 Å². The predicted octanol–water partition coefficient (Wildman–Crippen LogP) is 4.31. The maximum Gasteiger partial charge on any atom is 0.407 e. The van der Waals surface area contributed by atoms with Crippen molar-refractivity contribution in [1.29, 1.82) is 0 Å². The van der Waals surface area contributed by atoms with E-state index in [4.69, 9.17) is 9.84 Å². The van der Waals surface area contributed by atoms with Gasteiger partial charge in [-0.25, -0.2) is 9.59 Å². The van der Waals surface area contributed by atoms with Crippen molar-refractivity contribution in [2.45, 2.75) is 51.5 Å². The number of amides is 2. The summed E-state index contributed by atoms with van der Waals surface area (Å²) in [5, 5.41) is 14.5. The first-order valence-corrected chi connectivity index (χ1v) is 11.5. The highest BCUT2D eigenvalue weighted by Crippen LogP contribution is 2.44. The first-order valence-electron chi connectivity index (χ1n) is 11.5. The zero-order chi connectivity index (χ0) is 23.8. The molecule has 0 fully saturated rings. The van der Waals surface area contributed by atoms with Crippen molar-refractivity contribution in [2.24, 2.45) is 5.92 Å². The van der Waals surface area contributed by atoms with E-state index in [-0.39, 0.29) is 30.8 Å². The van der Waals surface area contributed by atoms with Gasteiger partial charge in [0.05, 0.1) is 0 Å². The molecule has 0 spiro atoms. The Morgan fingerprint density at radius 2 is 1.61 bits per heavy atom. The molecule has 7 nitrogen and oxygen atoms in total. The summed E-state index contributed by atoms with van der Waals surface area (Å²) in [5.41, 5.74) is 4.68. The second-order valence-electron chi connectivity index (χ2n) is 8.60. The smallest absolute Gasteiger partial charge is 0.407 e. The highest BCUT2D eigenvalue weighted by atomic mass is 16.5. The highest BCUT2D eigenvalue weighted by Gasteiger charge is 2.29. The molecule has 0 saturated carbocycles. The van der Waals surface area contributed by atoms with Gasteiger partial charge in [0.25, 0.3) is 0 Å². The first-order chi connectivity index (χ1) is 15.9. The van der Waals surface area contributed by atoms with Crippen LogP contribution in [-0.4, -0.2) is 42.3 Å². The molecule has 0 aromatic heterocycles. The molecule has 3 N–H and O–H groups in total. The number of benzene rings is 2. The van der Waals surface area contributed by atoms with Crippen LogP contribution in [0.25, 0.3) is 11.1 Å². The molecule has 3 rings (SSSR count). The number of alkyl carbamates (subject to hydrolysis) is 1. The number of fused-ring (bicyclic) bond motifs is 3. The number of nitrogens with one attached hydrogen (secondary N) is 2. The van der Waals surface area contributed by atoms with Crippen molar-refractivity contribution >= 4 is 18.0 Å². The van der Waals surface area contributed by atoms with Crippen molar-refractivity contribution in [3.05, 3.63) is 59.7 Å². The summed E-state index contributed by atoms with van der Waals surface area (Å²) in [7, 11) is 0. The van der Waals surface area contributed by atoms with E-state index in [0.717, 1.165) is 11.1 Å². The number of ether oxygens (including phenoxy) is 1. The average Bonchev–Trinajstić information content (AvgIpc) is 3.13. The predicted molar refractivity (Wildman–Crippen MR) is 126 cm³/mol. The maximum absolute atomic E-state index is 12.3. The minimum Gasteiger partial charge on any atom is -0.480 e. The van der Waals surface area contributed by atoms with E-state index in [1.807, 2.05) is 38.1 Å². The van der Waals surface area contributed by atoms with Gasteiger partial charge in [0.2, 0.25) is 5.91 Å². The molecule has 1 aliphatic carbocycles. The average molecular weight is 453 g/mol. The van der Waals surface area contributed by atoms with Crippen LogP contribution in [0, 0.1) is 5.92 Å². The molecule has 2 unspecified atom stereocenters. The quantitative estimate of drug-likeness (QED) is 0.471. The van der Waals surface area contributed by atoms with Gasteiger partial charge in [0.1, 0.15) is 12.6 Å². The molecule has 33 heavy (non-hydrogen) atoms. The Labute approximate surface area is 194 Å². The second kappa shape index (κ2) is 11.5. The van der Waals surface area contributed by atoms with Crippen molar-refractivity contribution in [3.8, 4) is 11.1 Å². The number of aliphatic carboxylic acids is 1. The van der Waals surface area contributed by atoms with Crippen LogP contribution in [0.4, 0.5) is 4.79 Å². The van der Waals surface area contributed by atoms with Gasteiger partial charge in [-0.15, -0.1) is 0 Å². The van der Waals surface area contributed by atoms with Crippen LogP contribution in [0.15, 0.2) is 48.5 Å². The lowest BCUT2D eigenvalue weighted by molar-refractivity contribution is -0.142. The molecular formula is C26H32N2O5. The molecule has 0 heterocycles. The van der Waals surface area contributed by atoms with Crippen LogP contribution in [0.3, 0.4) is 0 Å². The third-order valence-electron chi connectivity index (χ3n) is 6.01. The van der Waals surface area contributed by atoms with Gasteiger partial charge in [0.15, 0.2) is 0 Å². The number of carboxylic acids is 1. The number of hydrogen-bond acceptors (Lipinski definition) is 4. The topological polar surface area (TPSA) is 105 Å². The van der Waals surface area contributed by atoms with E-state index in [2.05, 4.69) is 34.9 Å². The van der Waals surface area contributed by atoms with Gasteiger partial charge in [0, 0.05) is 18.9 Å². The molecule has 2 atom stereocenters. The van der Waals surface area contributed by atoms with E-state index < -0.39 is 18.1 Å². The fourth-order valence-corrected chi connectivity index (χ4v) is 4.20. The van der Waals surface area contributed by atoms with Crippen LogP contribution in [0.1, 0.15) is 56.6 Å². The van der Waals surface area contributed by atoms with E-state index in [0.29, 0.717) is 25.8 Å². The van der Waals surface area contributed by atoms with Gasteiger partial charge < -0.3 is 20.5 Å². The standard InChI is InChI=1S/C26H32N2O5/c1-3-8-23(25(30)31)28-24(29)14-13-17(2)15-27-26(32)33-16-22-20-11-6-4-9-18(20)19-10-5-7-12-21(19)22/h4-7,9-12,17,22-23H,3,8,13-16H2,1-2H3,(H,27,32)(H,28,29)(H,30,31). The maximum atomic E-state index is 12.3. The second-order valence-corrected chi connectivity index (χ2v) is 8.60. The van der Waals surface area contributed by atoms with Crippen molar-refractivity contribution in [3.63, 3.8) is 0 Å². The highest BCUT2D eigenvalue weighted by molar-refractivity contribution is 5.83. The summed E-state index contributed by atoms with van der Waals surface area (Å²) in [6.45, 7) is 4.43. The molecule has 1 aliphatic rings. The zero-order valence-corrected chi connectivity index (χ0v) is 19.2. The van der Waals surface area contributed by atoms with E-state index >= 15 is 0 Å². The summed E-state index contributed by atoms with van der Waals surface area (Å²) in [6, 6.07) is 15.5. The fourth-order valence-electron chi connectivity index (χ4n) is 4.20. The molecule has 176 valence electrons. The van der Waals surface area contributed by atoms with Gasteiger partial charge in [-0.05, 0) is 41.0 Å². The molecule has 0 saturated heterocycles. The molecule has 7 heteroatoms. The van der Waals surface area contributed by atoms with Crippen LogP contribution in [0.2, 0.25) is 0 Å². The third-order valence-corrected chi connectivity index (χ3v) is 6.01. The molecule has 2 aromatic carbocycles. The Kier molecular flexibility index (Phi) is 8.46. The summed E-state index contributed by atoms with van der Waals surface area (Å²) < 4.78 is 5.53. The Morgan fingerprint density at radius 3 is 2.18 bits per heavy atom. The van der Waals surface area contributed by atoms with Crippen molar-refractivity contribution in [1.82, 2.24) is 10.6 Å². The zero-order valence-electron chi connectivity index (χ0n) is 19.2. The lowest BCUT2D eigenvalue weighted by Crippen LogP contribution is -2.40. The van der Waals surface area contributed by atoms with E-state index in [1.54, 1.807) is 0 Å². The Bertz CT molecular complexity index is 945. The third kappa shape index (κ3) is 6.34. The minimum atomic E-state index is -1.02. The molecule has 0 aliphatic heterocycles. The first kappa shape index (κ1) is 24.3.